The zero-order valence-corrected chi connectivity index (χ0v) is 17.6. The summed E-state index contributed by atoms with van der Waals surface area (Å²) in [5.74, 6) is 1.48. The molecule has 1 atom stereocenters. The maximum atomic E-state index is 12.2. The van der Waals surface area contributed by atoms with Crippen molar-refractivity contribution in [1.29, 1.82) is 0 Å². The van der Waals surface area contributed by atoms with E-state index in [0.29, 0.717) is 25.6 Å². The third kappa shape index (κ3) is 7.64. The van der Waals surface area contributed by atoms with Gasteiger partial charge in [-0.05, 0) is 59.2 Å². The van der Waals surface area contributed by atoms with Gasteiger partial charge in [-0.3, -0.25) is 0 Å². The lowest BCUT2D eigenvalue weighted by atomic mass is 10.2. The summed E-state index contributed by atoms with van der Waals surface area (Å²) in [6.45, 7) is 12.6. The van der Waals surface area contributed by atoms with E-state index in [0.717, 1.165) is 11.3 Å². The highest BCUT2D eigenvalue weighted by Crippen LogP contribution is 2.15. The standard InChI is InChI=1S/C19H33N3O3S/c1-7-20-18(21-11-12-26(23,24)19(4,5)6)22-14-16(3)25-17-10-8-9-15(2)13-17/h8-10,13,16H,7,11-12,14H2,1-6H3,(H2,20,21,22). The Kier molecular flexibility index (Phi) is 8.40. The number of ether oxygens (including phenoxy) is 1. The predicted molar refractivity (Wildman–Crippen MR) is 109 cm³/mol. The summed E-state index contributed by atoms with van der Waals surface area (Å²) in [4.78, 5) is 4.49. The van der Waals surface area contributed by atoms with Gasteiger partial charge in [-0.2, -0.15) is 0 Å². The largest absolute Gasteiger partial charge is 0.489 e. The third-order valence-electron chi connectivity index (χ3n) is 3.77. The Morgan fingerprint density at radius 1 is 1.27 bits per heavy atom. The lowest BCUT2D eigenvalue weighted by molar-refractivity contribution is 0.230. The van der Waals surface area contributed by atoms with E-state index in [4.69, 9.17) is 4.74 Å². The summed E-state index contributed by atoms with van der Waals surface area (Å²) in [5.41, 5.74) is 1.15. The Labute approximate surface area is 158 Å². The van der Waals surface area contributed by atoms with Gasteiger partial charge in [0.1, 0.15) is 11.9 Å². The zero-order valence-electron chi connectivity index (χ0n) is 16.8. The van der Waals surface area contributed by atoms with Gasteiger partial charge in [0, 0.05) is 13.1 Å². The van der Waals surface area contributed by atoms with Crippen LogP contribution in [-0.2, 0) is 9.84 Å². The number of benzene rings is 1. The quantitative estimate of drug-likeness (QED) is 0.533. The molecule has 1 aromatic carbocycles. The van der Waals surface area contributed by atoms with E-state index in [9.17, 15) is 8.42 Å². The average molecular weight is 384 g/mol. The van der Waals surface area contributed by atoms with Crippen molar-refractivity contribution in [3.8, 4) is 5.75 Å². The number of rotatable bonds is 8. The second-order valence-electron chi connectivity index (χ2n) is 7.32. The van der Waals surface area contributed by atoms with E-state index in [-0.39, 0.29) is 11.9 Å². The van der Waals surface area contributed by atoms with Crippen LogP contribution >= 0.6 is 0 Å². The van der Waals surface area contributed by atoms with Crippen LogP contribution in [0.4, 0.5) is 0 Å². The monoisotopic (exact) mass is 383 g/mol. The molecule has 0 aromatic heterocycles. The Hall–Kier alpha value is -1.76. The third-order valence-corrected chi connectivity index (χ3v) is 6.38. The molecular weight excluding hydrogens is 350 g/mol. The molecule has 1 aromatic rings. The molecule has 6 nitrogen and oxygen atoms in total. The van der Waals surface area contributed by atoms with Crippen LogP contribution < -0.4 is 15.4 Å². The van der Waals surface area contributed by atoms with Gasteiger partial charge in [-0.15, -0.1) is 0 Å². The summed E-state index contributed by atoms with van der Waals surface area (Å²) < 4.78 is 29.5. The average Bonchev–Trinajstić information content (AvgIpc) is 2.51. The summed E-state index contributed by atoms with van der Waals surface area (Å²) in [7, 11) is -3.15. The van der Waals surface area contributed by atoms with E-state index < -0.39 is 14.6 Å². The first-order chi connectivity index (χ1) is 12.0. The highest BCUT2D eigenvalue weighted by Gasteiger charge is 2.28. The van der Waals surface area contributed by atoms with Crippen LogP contribution in [0.15, 0.2) is 29.3 Å². The van der Waals surface area contributed by atoms with Crippen LogP contribution in [0.25, 0.3) is 0 Å². The maximum Gasteiger partial charge on any atom is 0.191 e. The molecule has 0 saturated carbocycles. The maximum absolute atomic E-state index is 12.2. The first-order valence-corrected chi connectivity index (χ1v) is 10.7. The highest BCUT2D eigenvalue weighted by atomic mass is 32.2. The van der Waals surface area contributed by atoms with Crippen LogP contribution in [0, 0.1) is 6.92 Å². The van der Waals surface area contributed by atoms with Crippen molar-refractivity contribution >= 4 is 15.8 Å². The number of aryl methyl sites for hydroxylation is 1. The van der Waals surface area contributed by atoms with Crippen molar-refractivity contribution in [2.45, 2.75) is 52.4 Å². The van der Waals surface area contributed by atoms with Gasteiger partial charge >= 0.3 is 0 Å². The normalized spacial score (nSPS) is 14.0. The Balaban J connectivity index is 2.57. The molecule has 0 bridgehead atoms. The second kappa shape index (κ2) is 9.80. The van der Waals surface area contributed by atoms with Crippen LogP contribution in [0.1, 0.15) is 40.2 Å². The minimum atomic E-state index is -3.15. The zero-order chi connectivity index (χ0) is 19.8. The van der Waals surface area contributed by atoms with E-state index in [2.05, 4.69) is 15.6 Å². The molecule has 7 heteroatoms. The Morgan fingerprint density at radius 2 is 1.96 bits per heavy atom. The number of sulfone groups is 1. The molecule has 0 fully saturated rings. The van der Waals surface area contributed by atoms with Crippen LogP contribution in [0.2, 0.25) is 0 Å². The van der Waals surface area contributed by atoms with E-state index in [1.807, 2.05) is 45.0 Å². The molecular formula is C19H33N3O3S. The minimum Gasteiger partial charge on any atom is -0.489 e. The molecule has 0 aliphatic heterocycles. The predicted octanol–water partition coefficient (Wildman–Crippen LogP) is 2.53. The van der Waals surface area contributed by atoms with Gasteiger partial charge in [0.25, 0.3) is 0 Å². The molecule has 26 heavy (non-hydrogen) atoms. The fourth-order valence-electron chi connectivity index (χ4n) is 2.13. The number of hydrogen-bond donors (Lipinski definition) is 2. The van der Waals surface area contributed by atoms with Gasteiger partial charge < -0.3 is 15.4 Å². The van der Waals surface area contributed by atoms with Crippen molar-refractivity contribution in [3.05, 3.63) is 29.8 Å². The van der Waals surface area contributed by atoms with Crippen LogP contribution in [0.3, 0.4) is 0 Å². The number of guanidine groups is 1. The molecule has 2 N–H and O–H groups in total. The number of nitrogens with one attached hydrogen (secondary N) is 2. The molecule has 0 radical (unpaired) electrons. The molecule has 0 aliphatic rings. The van der Waals surface area contributed by atoms with Crippen LogP contribution in [0.5, 0.6) is 5.75 Å². The van der Waals surface area contributed by atoms with Gasteiger partial charge in [0.2, 0.25) is 0 Å². The molecule has 0 saturated heterocycles. The minimum absolute atomic E-state index is 0.0657. The fourth-order valence-corrected chi connectivity index (χ4v) is 3.11. The van der Waals surface area contributed by atoms with Gasteiger partial charge in [-0.1, -0.05) is 12.1 Å². The SMILES string of the molecule is CCNC(=NCC(C)Oc1cccc(C)c1)NCCS(=O)(=O)C(C)(C)C. The molecule has 1 rings (SSSR count). The molecule has 0 heterocycles. The van der Waals surface area contributed by atoms with Crippen LogP contribution in [-0.4, -0.2) is 50.6 Å². The Morgan fingerprint density at radius 3 is 2.54 bits per heavy atom. The van der Waals surface area contributed by atoms with Gasteiger partial charge in [0.05, 0.1) is 17.0 Å². The molecule has 0 amide bonds. The summed E-state index contributed by atoms with van der Waals surface area (Å²) in [5, 5.41) is 6.21. The van der Waals surface area contributed by atoms with Crippen molar-refractivity contribution in [2.75, 3.05) is 25.4 Å². The van der Waals surface area contributed by atoms with Gasteiger partial charge in [-0.25, -0.2) is 13.4 Å². The highest BCUT2D eigenvalue weighted by molar-refractivity contribution is 7.92. The summed E-state index contributed by atoms with van der Waals surface area (Å²) >= 11 is 0. The lowest BCUT2D eigenvalue weighted by Crippen LogP contribution is -2.42. The first-order valence-electron chi connectivity index (χ1n) is 9.03. The van der Waals surface area contributed by atoms with Crippen molar-refractivity contribution in [1.82, 2.24) is 10.6 Å². The van der Waals surface area contributed by atoms with Crippen molar-refractivity contribution in [2.24, 2.45) is 4.99 Å². The molecule has 0 spiro atoms. The first kappa shape index (κ1) is 22.3. The number of nitrogens with zero attached hydrogens (tertiary/aromatic N) is 1. The van der Waals surface area contributed by atoms with E-state index in [1.54, 1.807) is 20.8 Å². The molecule has 0 aliphatic carbocycles. The van der Waals surface area contributed by atoms with E-state index in [1.165, 1.54) is 0 Å². The molecule has 148 valence electrons. The number of hydrogen-bond acceptors (Lipinski definition) is 4. The summed E-state index contributed by atoms with van der Waals surface area (Å²) in [6, 6.07) is 7.89. The Bertz CT molecular complexity index is 694. The summed E-state index contributed by atoms with van der Waals surface area (Å²) in [6.07, 6.45) is -0.0921. The fraction of sp³-hybridized carbons (Fsp3) is 0.632. The second-order valence-corrected chi connectivity index (χ2v) is 10.2. The van der Waals surface area contributed by atoms with Crippen molar-refractivity contribution < 1.29 is 13.2 Å². The molecule has 1 unspecified atom stereocenters. The van der Waals surface area contributed by atoms with Crippen molar-refractivity contribution in [3.63, 3.8) is 0 Å². The topological polar surface area (TPSA) is 79.8 Å². The smallest absolute Gasteiger partial charge is 0.191 e. The lowest BCUT2D eigenvalue weighted by Gasteiger charge is -2.20. The van der Waals surface area contributed by atoms with E-state index >= 15 is 0 Å². The van der Waals surface area contributed by atoms with Gasteiger partial charge in [0.15, 0.2) is 15.8 Å². The number of aliphatic imine (C=N–C) groups is 1.